The highest BCUT2D eigenvalue weighted by Crippen LogP contribution is 2.48. The molecule has 0 spiro atoms. The summed E-state index contributed by atoms with van der Waals surface area (Å²) in [6, 6.07) is 13.0. The second-order valence-electron chi connectivity index (χ2n) is 8.41. The largest absolute Gasteiger partial charge is 0.482 e. The standard InChI is InChI=1S/C26H25F3O3/c27-26(28,29)25(14-11-19(12-15-25)18-5-2-1-3-6-18)16-13-20-9-10-23(32-17-24(30)31)22-8-4-7-21(20)22/h1-3,5-6,9-12,14-15,19H,4,7-8,13,16-17H2,(H,30,31). The van der Waals surface area contributed by atoms with Gasteiger partial charge in [-0.3, -0.25) is 0 Å². The van der Waals surface area contributed by atoms with Crippen LogP contribution in [0.4, 0.5) is 13.2 Å². The first-order valence-corrected chi connectivity index (χ1v) is 10.8. The van der Waals surface area contributed by atoms with Crippen LogP contribution >= 0.6 is 0 Å². The Morgan fingerprint density at radius 1 is 1.03 bits per heavy atom. The highest BCUT2D eigenvalue weighted by Gasteiger charge is 2.51. The van der Waals surface area contributed by atoms with Gasteiger partial charge in [0.15, 0.2) is 6.61 Å². The number of allylic oxidation sites excluding steroid dienone is 4. The van der Waals surface area contributed by atoms with Crippen LogP contribution in [0.25, 0.3) is 0 Å². The molecule has 0 saturated heterocycles. The fourth-order valence-corrected chi connectivity index (χ4v) is 4.66. The van der Waals surface area contributed by atoms with Gasteiger partial charge in [0.1, 0.15) is 11.2 Å². The Bertz CT molecular complexity index is 1020. The molecular weight excluding hydrogens is 417 g/mol. The molecule has 1 N–H and O–H groups in total. The molecule has 0 amide bonds. The molecule has 0 fully saturated rings. The Labute approximate surface area is 185 Å². The number of aliphatic carboxylic acids is 1. The molecular formula is C26H25F3O3. The average Bonchev–Trinajstić information content (AvgIpc) is 3.27. The third kappa shape index (κ3) is 4.45. The van der Waals surface area contributed by atoms with Crippen molar-refractivity contribution in [3.8, 4) is 5.75 Å². The van der Waals surface area contributed by atoms with Crippen molar-refractivity contribution in [2.75, 3.05) is 6.61 Å². The molecule has 3 nitrogen and oxygen atoms in total. The van der Waals surface area contributed by atoms with Crippen molar-refractivity contribution in [3.63, 3.8) is 0 Å². The van der Waals surface area contributed by atoms with Crippen molar-refractivity contribution in [1.29, 1.82) is 0 Å². The number of benzene rings is 2. The van der Waals surface area contributed by atoms with E-state index >= 15 is 0 Å². The Hall–Kier alpha value is -3.02. The summed E-state index contributed by atoms with van der Waals surface area (Å²) >= 11 is 0. The van der Waals surface area contributed by atoms with Crippen molar-refractivity contribution >= 4 is 5.97 Å². The number of aryl methyl sites for hydroxylation is 1. The van der Waals surface area contributed by atoms with Gasteiger partial charge in [-0.2, -0.15) is 13.2 Å². The van der Waals surface area contributed by atoms with E-state index in [0.717, 1.165) is 41.5 Å². The molecule has 0 bridgehead atoms. The summed E-state index contributed by atoms with van der Waals surface area (Å²) in [4.78, 5) is 10.8. The van der Waals surface area contributed by atoms with Crippen molar-refractivity contribution in [2.45, 2.75) is 44.2 Å². The number of carboxylic acid groups (broad SMARTS) is 1. The highest BCUT2D eigenvalue weighted by atomic mass is 19.4. The number of fused-ring (bicyclic) bond motifs is 1. The van der Waals surface area contributed by atoms with E-state index in [0.29, 0.717) is 5.75 Å². The van der Waals surface area contributed by atoms with Crippen LogP contribution in [0.2, 0.25) is 0 Å². The second kappa shape index (κ2) is 8.85. The summed E-state index contributed by atoms with van der Waals surface area (Å²) < 4.78 is 47.9. The molecule has 2 aliphatic rings. The number of alkyl halides is 3. The molecule has 32 heavy (non-hydrogen) atoms. The van der Waals surface area contributed by atoms with Crippen LogP contribution < -0.4 is 4.74 Å². The van der Waals surface area contributed by atoms with Gasteiger partial charge in [0.05, 0.1) is 0 Å². The van der Waals surface area contributed by atoms with Crippen molar-refractivity contribution in [3.05, 3.63) is 89.0 Å². The normalized spacial score (nSPS) is 22.0. The minimum absolute atomic E-state index is 0.0766. The van der Waals surface area contributed by atoms with Gasteiger partial charge < -0.3 is 9.84 Å². The number of carboxylic acids is 1. The Kier molecular flexibility index (Phi) is 6.13. The van der Waals surface area contributed by atoms with Crippen LogP contribution in [0, 0.1) is 5.41 Å². The SMILES string of the molecule is O=C(O)COc1ccc(CCC2(C(F)(F)F)C=CC(c3ccccc3)C=C2)c2c1CCC2. The zero-order chi connectivity index (χ0) is 22.8. The summed E-state index contributed by atoms with van der Waals surface area (Å²) in [5, 5.41) is 8.86. The number of hydrogen-bond donors (Lipinski definition) is 1. The summed E-state index contributed by atoms with van der Waals surface area (Å²) in [6.45, 7) is -0.429. The van der Waals surface area contributed by atoms with Crippen molar-refractivity contribution in [2.24, 2.45) is 5.41 Å². The van der Waals surface area contributed by atoms with E-state index in [9.17, 15) is 18.0 Å². The number of halogens is 3. The van der Waals surface area contributed by atoms with Gasteiger partial charge in [0, 0.05) is 5.92 Å². The maximum atomic E-state index is 14.2. The number of hydrogen-bond acceptors (Lipinski definition) is 2. The van der Waals surface area contributed by atoms with Gasteiger partial charge in [0.25, 0.3) is 0 Å². The zero-order valence-corrected chi connectivity index (χ0v) is 17.6. The molecule has 0 heterocycles. The summed E-state index contributed by atoms with van der Waals surface area (Å²) in [5.74, 6) is -0.698. The lowest BCUT2D eigenvalue weighted by Crippen LogP contribution is -2.36. The maximum Gasteiger partial charge on any atom is 0.401 e. The summed E-state index contributed by atoms with van der Waals surface area (Å²) in [6.07, 6.45) is 4.15. The molecule has 0 atom stereocenters. The van der Waals surface area contributed by atoms with Crippen LogP contribution in [-0.2, 0) is 24.1 Å². The van der Waals surface area contributed by atoms with Gasteiger partial charge in [0.2, 0.25) is 0 Å². The van der Waals surface area contributed by atoms with Crippen molar-refractivity contribution < 1.29 is 27.8 Å². The van der Waals surface area contributed by atoms with Crippen LogP contribution in [0.5, 0.6) is 5.75 Å². The molecule has 0 saturated carbocycles. The fraction of sp³-hybridized carbons (Fsp3) is 0.346. The predicted octanol–water partition coefficient (Wildman–Crippen LogP) is 6.03. The molecule has 0 radical (unpaired) electrons. The van der Waals surface area contributed by atoms with E-state index in [1.807, 2.05) is 30.3 Å². The maximum absolute atomic E-state index is 14.2. The third-order valence-electron chi connectivity index (χ3n) is 6.41. The van der Waals surface area contributed by atoms with Crippen LogP contribution in [0.1, 0.15) is 41.0 Å². The molecule has 2 aromatic rings. The Balaban J connectivity index is 1.54. The Morgan fingerprint density at radius 3 is 2.38 bits per heavy atom. The monoisotopic (exact) mass is 442 g/mol. The first-order valence-electron chi connectivity index (χ1n) is 10.8. The third-order valence-corrected chi connectivity index (χ3v) is 6.41. The van der Waals surface area contributed by atoms with E-state index in [4.69, 9.17) is 9.84 Å². The average molecular weight is 442 g/mol. The van der Waals surface area contributed by atoms with Crippen molar-refractivity contribution in [1.82, 2.24) is 0 Å². The van der Waals surface area contributed by atoms with E-state index in [2.05, 4.69) is 0 Å². The van der Waals surface area contributed by atoms with Crippen LogP contribution in [0.15, 0.2) is 66.8 Å². The number of carbonyl (C=O) groups is 1. The highest BCUT2D eigenvalue weighted by molar-refractivity contribution is 5.68. The van der Waals surface area contributed by atoms with Gasteiger partial charge in [-0.15, -0.1) is 0 Å². The summed E-state index contributed by atoms with van der Waals surface area (Å²) in [5.41, 5.74) is 1.79. The smallest absolute Gasteiger partial charge is 0.401 e. The topological polar surface area (TPSA) is 46.5 Å². The second-order valence-corrected chi connectivity index (χ2v) is 8.41. The first-order chi connectivity index (χ1) is 15.3. The first kappa shape index (κ1) is 22.2. The lowest BCUT2D eigenvalue weighted by Gasteiger charge is -2.33. The zero-order valence-electron chi connectivity index (χ0n) is 17.6. The predicted molar refractivity (Wildman–Crippen MR) is 116 cm³/mol. The van der Waals surface area contributed by atoms with Gasteiger partial charge >= 0.3 is 12.1 Å². The minimum atomic E-state index is -4.39. The number of ether oxygens (including phenoxy) is 1. The molecule has 168 valence electrons. The molecule has 0 aromatic heterocycles. The van der Waals surface area contributed by atoms with Gasteiger partial charge in [-0.1, -0.05) is 60.7 Å². The molecule has 0 aliphatic heterocycles. The minimum Gasteiger partial charge on any atom is -0.482 e. The Morgan fingerprint density at radius 2 is 1.72 bits per heavy atom. The van der Waals surface area contributed by atoms with E-state index in [1.54, 1.807) is 24.3 Å². The molecule has 0 unspecified atom stereocenters. The van der Waals surface area contributed by atoms with E-state index in [1.165, 1.54) is 12.2 Å². The molecule has 2 aliphatic carbocycles. The molecule has 2 aromatic carbocycles. The van der Waals surface area contributed by atoms with E-state index < -0.39 is 24.2 Å². The van der Waals surface area contributed by atoms with Crippen LogP contribution in [-0.4, -0.2) is 23.9 Å². The van der Waals surface area contributed by atoms with E-state index in [-0.39, 0.29) is 18.8 Å². The number of rotatable bonds is 7. The molecule has 6 heteroatoms. The lowest BCUT2D eigenvalue weighted by atomic mass is 9.75. The quantitative estimate of drug-likeness (QED) is 0.533. The lowest BCUT2D eigenvalue weighted by molar-refractivity contribution is -0.191. The van der Waals surface area contributed by atoms with Gasteiger partial charge in [-0.05, 0) is 60.4 Å². The fourth-order valence-electron chi connectivity index (χ4n) is 4.66. The molecule has 4 rings (SSSR count). The van der Waals surface area contributed by atoms with Gasteiger partial charge in [-0.25, -0.2) is 4.79 Å². The summed E-state index contributed by atoms with van der Waals surface area (Å²) in [7, 11) is 0. The van der Waals surface area contributed by atoms with Crippen LogP contribution in [0.3, 0.4) is 0 Å².